The third-order valence-corrected chi connectivity index (χ3v) is 3.34. The van der Waals surface area contributed by atoms with Crippen molar-refractivity contribution >= 4 is 23.2 Å². The minimum absolute atomic E-state index is 0.0842. The highest BCUT2D eigenvalue weighted by Crippen LogP contribution is 2.29. The van der Waals surface area contributed by atoms with Crippen molar-refractivity contribution in [2.24, 2.45) is 0 Å². The first-order valence-electron chi connectivity index (χ1n) is 5.43. The number of aryl methyl sites for hydroxylation is 1. The lowest BCUT2D eigenvalue weighted by Crippen LogP contribution is -1.88. The SMILES string of the molecule is Cc1cc(Oc2ccc(CO)c(Cl)c2)ccc1Cl. The Morgan fingerprint density at radius 3 is 2.28 bits per heavy atom. The van der Waals surface area contributed by atoms with Crippen molar-refractivity contribution in [1.82, 2.24) is 0 Å². The number of aliphatic hydroxyl groups is 1. The highest BCUT2D eigenvalue weighted by Gasteiger charge is 2.04. The number of aliphatic hydroxyl groups excluding tert-OH is 1. The van der Waals surface area contributed by atoms with Gasteiger partial charge in [-0.1, -0.05) is 29.3 Å². The smallest absolute Gasteiger partial charge is 0.128 e. The second-order valence-corrected chi connectivity index (χ2v) is 4.74. The molecule has 0 amide bonds. The van der Waals surface area contributed by atoms with Gasteiger partial charge in [0.2, 0.25) is 0 Å². The average Bonchev–Trinajstić information content (AvgIpc) is 2.34. The zero-order valence-electron chi connectivity index (χ0n) is 9.78. The molecule has 94 valence electrons. The molecule has 1 N–H and O–H groups in total. The van der Waals surface area contributed by atoms with E-state index in [1.165, 1.54) is 0 Å². The molecule has 0 bridgehead atoms. The molecule has 0 aromatic heterocycles. The topological polar surface area (TPSA) is 29.5 Å². The van der Waals surface area contributed by atoms with E-state index in [1.54, 1.807) is 30.3 Å². The molecule has 0 saturated carbocycles. The molecule has 0 aliphatic rings. The predicted octanol–water partition coefficient (Wildman–Crippen LogP) is 4.59. The van der Waals surface area contributed by atoms with E-state index in [9.17, 15) is 0 Å². The van der Waals surface area contributed by atoms with Gasteiger partial charge in [0.05, 0.1) is 6.61 Å². The number of hydrogen-bond donors (Lipinski definition) is 1. The lowest BCUT2D eigenvalue weighted by atomic mass is 10.2. The van der Waals surface area contributed by atoms with Crippen LogP contribution in [0.2, 0.25) is 10.0 Å². The van der Waals surface area contributed by atoms with Crippen molar-refractivity contribution in [3.63, 3.8) is 0 Å². The van der Waals surface area contributed by atoms with Gasteiger partial charge in [0.25, 0.3) is 0 Å². The average molecular weight is 283 g/mol. The van der Waals surface area contributed by atoms with Crippen LogP contribution in [-0.4, -0.2) is 5.11 Å². The number of hydrogen-bond acceptors (Lipinski definition) is 2. The molecule has 0 aliphatic heterocycles. The van der Waals surface area contributed by atoms with Gasteiger partial charge in [-0.05, 0) is 48.4 Å². The van der Waals surface area contributed by atoms with E-state index in [4.69, 9.17) is 33.0 Å². The van der Waals surface area contributed by atoms with Crippen molar-refractivity contribution in [3.8, 4) is 11.5 Å². The van der Waals surface area contributed by atoms with E-state index < -0.39 is 0 Å². The zero-order valence-corrected chi connectivity index (χ0v) is 11.3. The van der Waals surface area contributed by atoms with Gasteiger partial charge in [0, 0.05) is 10.0 Å². The van der Waals surface area contributed by atoms with Gasteiger partial charge < -0.3 is 9.84 Å². The van der Waals surface area contributed by atoms with Gasteiger partial charge >= 0.3 is 0 Å². The van der Waals surface area contributed by atoms with Crippen LogP contribution in [0.3, 0.4) is 0 Å². The van der Waals surface area contributed by atoms with Crippen molar-refractivity contribution in [2.45, 2.75) is 13.5 Å². The Kier molecular flexibility index (Phi) is 4.12. The summed E-state index contributed by atoms with van der Waals surface area (Å²) in [5, 5.41) is 10.2. The number of halogens is 2. The number of rotatable bonds is 3. The highest BCUT2D eigenvalue weighted by molar-refractivity contribution is 6.31. The van der Waals surface area contributed by atoms with Gasteiger partial charge in [0.1, 0.15) is 11.5 Å². The maximum absolute atomic E-state index is 9.03. The minimum atomic E-state index is -0.0842. The van der Waals surface area contributed by atoms with Crippen molar-refractivity contribution < 1.29 is 9.84 Å². The van der Waals surface area contributed by atoms with Crippen LogP contribution in [0.5, 0.6) is 11.5 Å². The van der Waals surface area contributed by atoms with Gasteiger partial charge in [0.15, 0.2) is 0 Å². The summed E-state index contributed by atoms with van der Waals surface area (Å²) in [4.78, 5) is 0. The fourth-order valence-electron chi connectivity index (χ4n) is 1.54. The third kappa shape index (κ3) is 2.96. The summed E-state index contributed by atoms with van der Waals surface area (Å²) in [6, 6.07) is 10.6. The Hall–Kier alpha value is -1.22. The predicted molar refractivity (Wildman–Crippen MR) is 73.6 cm³/mol. The van der Waals surface area contributed by atoms with E-state index in [0.717, 1.165) is 5.56 Å². The second-order valence-electron chi connectivity index (χ2n) is 3.92. The van der Waals surface area contributed by atoms with E-state index in [0.29, 0.717) is 27.1 Å². The van der Waals surface area contributed by atoms with Crippen LogP contribution >= 0.6 is 23.2 Å². The van der Waals surface area contributed by atoms with E-state index in [2.05, 4.69) is 0 Å². The van der Waals surface area contributed by atoms with E-state index in [-0.39, 0.29) is 6.61 Å². The molecule has 2 rings (SSSR count). The summed E-state index contributed by atoms with van der Waals surface area (Å²) in [5.41, 5.74) is 1.63. The van der Waals surface area contributed by atoms with E-state index >= 15 is 0 Å². The molecule has 0 saturated heterocycles. The summed E-state index contributed by atoms with van der Waals surface area (Å²) in [5.74, 6) is 1.32. The molecule has 4 heteroatoms. The van der Waals surface area contributed by atoms with Crippen LogP contribution in [0.25, 0.3) is 0 Å². The summed E-state index contributed by atoms with van der Waals surface area (Å²) in [6.45, 7) is 1.83. The standard InChI is InChI=1S/C14H12Cl2O2/c1-9-6-11(4-5-13(9)15)18-12-3-2-10(8-17)14(16)7-12/h2-7,17H,8H2,1H3. The van der Waals surface area contributed by atoms with E-state index in [1.807, 2.05) is 13.0 Å². The molecular formula is C14H12Cl2O2. The Bertz CT molecular complexity index is 568. The summed E-state index contributed by atoms with van der Waals surface area (Å²) in [7, 11) is 0. The van der Waals surface area contributed by atoms with Gasteiger partial charge in [-0.3, -0.25) is 0 Å². The van der Waals surface area contributed by atoms with Crippen molar-refractivity contribution in [2.75, 3.05) is 0 Å². The maximum atomic E-state index is 9.03. The minimum Gasteiger partial charge on any atom is -0.457 e. The quantitative estimate of drug-likeness (QED) is 0.893. The lowest BCUT2D eigenvalue weighted by Gasteiger charge is -2.09. The Morgan fingerprint density at radius 1 is 1.00 bits per heavy atom. The molecule has 2 aromatic carbocycles. The third-order valence-electron chi connectivity index (χ3n) is 2.56. The maximum Gasteiger partial charge on any atom is 0.128 e. The number of ether oxygens (including phenoxy) is 1. The molecule has 2 nitrogen and oxygen atoms in total. The lowest BCUT2D eigenvalue weighted by molar-refractivity contribution is 0.282. The molecule has 0 heterocycles. The molecule has 18 heavy (non-hydrogen) atoms. The molecule has 0 spiro atoms. The fourth-order valence-corrected chi connectivity index (χ4v) is 1.88. The summed E-state index contributed by atoms with van der Waals surface area (Å²) < 4.78 is 5.67. The van der Waals surface area contributed by atoms with Gasteiger partial charge in [-0.15, -0.1) is 0 Å². The molecule has 0 unspecified atom stereocenters. The molecule has 2 aromatic rings. The first-order chi connectivity index (χ1) is 8.60. The molecule has 0 aliphatic carbocycles. The van der Waals surface area contributed by atoms with Crippen LogP contribution in [0, 0.1) is 6.92 Å². The monoisotopic (exact) mass is 282 g/mol. The van der Waals surface area contributed by atoms with Gasteiger partial charge in [-0.2, -0.15) is 0 Å². The largest absolute Gasteiger partial charge is 0.457 e. The van der Waals surface area contributed by atoms with Crippen LogP contribution in [0.1, 0.15) is 11.1 Å². The Morgan fingerprint density at radius 2 is 1.67 bits per heavy atom. The summed E-state index contributed by atoms with van der Waals surface area (Å²) in [6.07, 6.45) is 0. The van der Waals surface area contributed by atoms with Crippen molar-refractivity contribution in [3.05, 3.63) is 57.6 Å². The Balaban J connectivity index is 2.23. The van der Waals surface area contributed by atoms with Crippen LogP contribution in [0.15, 0.2) is 36.4 Å². The van der Waals surface area contributed by atoms with Crippen molar-refractivity contribution in [1.29, 1.82) is 0 Å². The fraction of sp³-hybridized carbons (Fsp3) is 0.143. The Labute approximate surface area is 116 Å². The molecule has 0 radical (unpaired) electrons. The first-order valence-corrected chi connectivity index (χ1v) is 6.19. The highest BCUT2D eigenvalue weighted by atomic mass is 35.5. The van der Waals surface area contributed by atoms with Crippen LogP contribution < -0.4 is 4.74 Å². The normalized spacial score (nSPS) is 10.4. The molecule has 0 atom stereocenters. The zero-order chi connectivity index (χ0) is 13.1. The molecular weight excluding hydrogens is 271 g/mol. The second kappa shape index (κ2) is 5.61. The van der Waals surface area contributed by atoms with Crippen LogP contribution in [0.4, 0.5) is 0 Å². The van der Waals surface area contributed by atoms with Crippen LogP contribution in [-0.2, 0) is 6.61 Å². The molecule has 0 fully saturated rings. The summed E-state index contributed by atoms with van der Waals surface area (Å²) >= 11 is 11.9. The number of benzene rings is 2. The van der Waals surface area contributed by atoms with Gasteiger partial charge in [-0.25, -0.2) is 0 Å². The first kappa shape index (κ1) is 13.2.